The van der Waals surface area contributed by atoms with Crippen LogP contribution in [0.4, 0.5) is 0 Å². The standard InChI is InChI=1S/C9H18NOP/c1-9(2,3)4-8(11)10-5-7(12)6-10/h7H,4-6,12H2,1-3H3. The summed E-state index contributed by atoms with van der Waals surface area (Å²) in [6.45, 7) is 8.16. The zero-order chi connectivity index (χ0) is 9.35. The Balaban J connectivity index is 2.30. The summed E-state index contributed by atoms with van der Waals surface area (Å²) in [7, 11) is 2.75. The van der Waals surface area contributed by atoms with Gasteiger partial charge in [0.1, 0.15) is 0 Å². The van der Waals surface area contributed by atoms with E-state index in [1.165, 1.54) is 0 Å². The molecule has 0 aromatic heterocycles. The zero-order valence-corrected chi connectivity index (χ0v) is 9.29. The minimum atomic E-state index is 0.128. The molecule has 0 aromatic carbocycles. The van der Waals surface area contributed by atoms with Gasteiger partial charge in [0.05, 0.1) is 0 Å². The lowest BCUT2D eigenvalue weighted by atomic mass is 9.91. The minimum Gasteiger partial charge on any atom is -0.341 e. The van der Waals surface area contributed by atoms with Gasteiger partial charge in [0.15, 0.2) is 0 Å². The van der Waals surface area contributed by atoms with Gasteiger partial charge >= 0.3 is 0 Å². The van der Waals surface area contributed by atoms with Gasteiger partial charge in [0.2, 0.25) is 5.91 Å². The molecule has 1 aliphatic heterocycles. The minimum absolute atomic E-state index is 0.128. The molecule has 1 saturated heterocycles. The Kier molecular flexibility index (Phi) is 2.77. The Morgan fingerprint density at radius 3 is 2.33 bits per heavy atom. The molecule has 1 heterocycles. The number of amides is 1. The van der Waals surface area contributed by atoms with E-state index < -0.39 is 0 Å². The van der Waals surface area contributed by atoms with Crippen molar-refractivity contribution in [3.05, 3.63) is 0 Å². The lowest BCUT2D eigenvalue weighted by Gasteiger charge is -2.38. The molecular formula is C9H18NOP. The quantitative estimate of drug-likeness (QED) is 0.570. The van der Waals surface area contributed by atoms with E-state index in [0.29, 0.717) is 18.0 Å². The number of carbonyl (C=O) groups excluding carboxylic acids is 1. The van der Waals surface area contributed by atoms with Gasteiger partial charge in [-0.1, -0.05) is 20.8 Å². The summed E-state index contributed by atoms with van der Waals surface area (Å²) in [5.41, 5.74) is 0.761. The monoisotopic (exact) mass is 187 g/mol. The molecule has 0 spiro atoms. The second-order valence-corrected chi connectivity index (χ2v) is 5.74. The van der Waals surface area contributed by atoms with E-state index in [9.17, 15) is 4.79 Å². The summed E-state index contributed by atoms with van der Waals surface area (Å²) >= 11 is 0. The molecule has 0 radical (unpaired) electrons. The van der Waals surface area contributed by atoms with Crippen LogP contribution in [0.2, 0.25) is 0 Å². The van der Waals surface area contributed by atoms with Gasteiger partial charge in [-0.25, -0.2) is 0 Å². The van der Waals surface area contributed by atoms with Gasteiger partial charge in [0, 0.05) is 25.2 Å². The Morgan fingerprint density at radius 1 is 1.50 bits per heavy atom. The maximum atomic E-state index is 11.5. The molecule has 0 bridgehead atoms. The van der Waals surface area contributed by atoms with Crippen LogP contribution in [-0.2, 0) is 4.79 Å². The molecule has 0 saturated carbocycles. The highest BCUT2D eigenvalue weighted by molar-refractivity contribution is 7.17. The van der Waals surface area contributed by atoms with Crippen molar-refractivity contribution in [1.29, 1.82) is 0 Å². The second-order valence-electron chi connectivity index (χ2n) is 4.80. The van der Waals surface area contributed by atoms with Crippen molar-refractivity contribution in [3.8, 4) is 0 Å². The largest absolute Gasteiger partial charge is 0.341 e. The van der Waals surface area contributed by atoms with Gasteiger partial charge < -0.3 is 4.90 Å². The van der Waals surface area contributed by atoms with Crippen molar-refractivity contribution in [2.45, 2.75) is 32.9 Å². The number of hydrogen-bond donors (Lipinski definition) is 0. The lowest BCUT2D eigenvalue weighted by Crippen LogP contribution is -2.51. The highest BCUT2D eigenvalue weighted by Crippen LogP contribution is 2.23. The summed E-state index contributed by atoms with van der Waals surface area (Å²) in [6.07, 6.45) is 0.671. The van der Waals surface area contributed by atoms with Gasteiger partial charge in [-0.15, -0.1) is 9.24 Å². The number of likely N-dealkylation sites (tertiary alicyclic amines) is 1. The van der Waals surface area contributed by atoms with E-state index in [4.69, 9.17) is 0 Å². The Hall–Kier alpha value is -0.100. The van der Waals surface area contributed by atoms with Crippen LogP contribution in [0.5, 0.6) is 0 Å². The number of rotatable bonds is 1. The predicted molar refractivity (Wildman–Crippen MR) is 54.2 cm³/mol. The second kappa shape index (κ2) is 3.33. The molecule has 1 aliphatic rings. The first-order valence-electron chi connectivity index (χ1n) is 4.42. The van der Waals surface area contributed by atoms with Crippen LogP contribution < -0.4 is 0 Å². The molecule has 1 rings (SSSR count). The average molecular weight is 187 g/mol. The summed E-state index contributed by atoms with van der Waals surface area (Å²) < 4.78 is 0. The Labute approximate surface area is 76.9 Å². The third-order valence-electron chi connectivity index (χ3n) is 1.94. The molecule has 3 heteroatoms. The van der Waals surface area contributed by atoms with E-state index in [-0.39, 0.29) is 5.41 Å². The van der Waals surface area contributed by atoms with Crippen molar-refractivity contribution < 1.29 is 4.79 Å². The van der Waals surface area contributed by atoms with Crippen LogP contribution in [-0.4, -0.2) is 29.6 Å². The van der Waals surface area contributed by atoms with Crippen LogP contribution in [0.1, 0.15) is 27.2 Å². The highest BCUT2D eigenvalue weighted by atomic mass is 31.0. The number of nitrogens with zero attached hydrogens (tertiary/aromatic N) is 1. The first-order chi connectivity index (χ1) is 5.38. The van der Waals surface area contributed by atoms with Crippen molar-refractivity contribution in [3.63, 3.8) is 0 Å². The van der Waals surface area contributed by atoms with Crippen LogP contribution in [0, 0.1) is 5.41 Å². The van der Waals surface area contributed by atoms with Gasteiger partial charge in [-0.05, 0) is 5.41 Å². The molecule has 12 heavy (non-hydrogen) atoms. The summed E-state index contributed by atoms with van der Waals surface area (Å²) in [5, 5.41) is 0. The van der Waals surface area contributed by atoms with Crippen molar-refractivity contribution in [2.24, 2.45) is 5.41 Å². The fourth-order valence-corrected chi connectivity index (χ4v) is 1.79. The average Bonchev–Trinajstić information content (AvgIpc) is 1.76. The molecule has 1 amide bonds. The molecule has 2 nitrogen and oxygen atoms in total. The molecule has 0 N–H and O–H groups in total. The molecule has 1 unspecified atom stereocenters. The third-order valence-corrected chi connectivity index (χ3v) is 2.37. The first-order valence-corrected chi connectivity index (χ1v) is 5.08. The summed E-state index contributed by atoms with van der Waals surface area (Å²) in [5.74, 6) is 0.307. The molecule has 0 aromatic rings. The van der Waals surface area contributed by atoms with E-state index in [0.717, 1.165) is 13.1 Å². The molecule has 0 aliphatic carbocycles. The van der Waals surface area contributed by atoms with Crippen LogP contribution in [0.25, 0.3) is 0 Å². The number of carbonyl (C=O) groups is 1. The van der Waals surface area contributed by atoms with E-state index in [2.05, 4.69) is 30.0 Å². The van der Waals surface area contributed by atoms with E-state index in [1.54, 1.807) is 0 Å². The molecule has 70 valence electrons. The third kappa shape index (κ3) is 2.75. The maximum absolute atomic E-state index is 11.5. The Bertz CT molecular complexity index is 179. The smallest absolute Gasteiger partial charge is 0.223 e. The SMILES string of the molecule is CC(C)(C)CC(=O)N1CC(P)C1. The zero-order valence-electron chi connectivity index (χ0n) is 8.13. The van der Waals surface area contributed by atoms with E-state index >= 15 is 0 Å². The molecule has 1 atom stereocenters. The van der Waals surface area contributed by atoms with Crippen LogP contribution >= 0.6 is 9.24 Å². The van der Waals surface area contributed by atoms with Crippen LogP contribution in [0.3, 0.4) is 0 Å². The van der Waals surface area contributed by atoms with Gasteiger partial charge in [0.25, 0.3) is 0 Å². The summed E-state index contributed by atoms with van der Waals surface area (Å²) in [4.78, 5) is 13.4. The fourth-order valence-electron chi connectivity index (χ4n) is 1.28. The first kappa shape index (κ1) is 9.98. The summed E-state index contributed by atoms with van der Waals surface area (Å²) in [6, 6.07) is 0. The predicted octanol–water partition coefficient (Wildman–Crippen LogP) is 1.51. The van der Waals surface area contributed by atoms with Crippen molar-refractivity contribution in [2.75, 3.05) is 13.1 Å². The number of hydrogen-bond acceptors (Lipinski definition) is 1. The van der Waals surface area contributed by atoms with Crippen molar-refractivity contribution >= 4 is 15.1 Å². The van der Waals surface area contributed by atoms with Crippen LogP contribution in [0.15, 0.2) is 0 Å². The maximum Gasteiger partial charge on any atom is 0.223 e. The lowest BCUT2D eigenvalue weighted by molar-refractivity contribution is -0.136. The van der Waals surface area contributed by atoms with Gasteiger partial charge in [-0.3, -0.25) is 4.79 Å². The molecule has 1 fully saturated rings. The van der Waals surface area contributed by atoms with Gasteiger partial charge in [-0.2, -0.15) is 0 Å². The van der Waals surface area contributed by atoms with E-state index in [1.807, 2.05) is 4.90 Å². The topological polar surface area (TPSA) is 20.3 Å². The normalized spacial score (nSPS) is 19.2. The molecular weight excluding hydrogens is 169 g/mol. The van der Waals surface area contributed by atoms with Crippen molar-refractivity contribution in [1.82, 2.24) is 4.90 Å². The Morgan fingerprint density at radius 2 is 2.00 bits per heavy atom. The fraction of sp³-hybridized carbons (Fsp3) is 0.889. The highest BCUT2D eigenvalue weighted by Gasteiger charge is 2.29.